The lowest BCUT2D eigenvalue weighted by atomic mass is 10.2. The fourth-order valence-corrected chi connectivity index (χ4v) is 3.50. The molecule has 0 spiro atoms. The van der Waals surface area contributed by atoms with Crippen molar-refractivity contribution in [2.75, 3.05) is 19.6 Å². The van der Waals surface area contributed by atoms with Crippen LogP contribution in [0, 0.1) is 0 Å². The molecule has 1 aromatic heterocycles. The molecule has 0 aromatic carbocycles. The summed E-state index contributed by atoms with van der Waals surface area (Å²) in [4.78, 5) is 11.3. The molecule has 24 heavy (non-hydrogen) atoms. The molecule has 0 unspecified atom stereocenters. The van der Waals surface area contributed by atoms with Gasteiger partial charge >= 0.3 is 0 Å². The Morgan fingerprint density at radius 1 is 1.12 bits per heavy atom. The number of aromatic nitrogens is 2. The van der Waals surface area contributed by atoms with Crippen LogP contribution in [0.25, 0.3) is 0 Å². The van der Waals surface area contributed by atoms with Crippen molar-refractivity contribution < 1.29 is 9.26 Å². The Bertz CT molecular complexity index is 575. The van der Waals surface area contributed by atoms with Crippen molar-refractivity contribution in [1.82, 2.24) is 15.0 Å². The molecule has 7 nitrogen and oxygen atoms in total. The maximum atomic E-state index is 6.16. The van der Waals surface area contributed by atoms with Crippen LogP contribution in [0.3, 0.4) is 0 Å². The van der Waals surface area contributed by atoms with Crippen LogP contribution in [0.15, 0.2) is 9.52 Å². The van der Waals surface area contributed by atoms with E-state index >= 15 is 0 Å². The summed E-state index contributed by atoms with van der Waals surface area (Å²) in [6.07, 6.45) is 9.25. The zero-order valence-electron chi connectivity index (χ0n) is 14.2. The van der Waals surface area contributed by atoms with Gasteiger partial charge in [-0.3, -0.25) is 4.99 Å². The number of aliphatic imine (C=N–C) groups is 1. The van der Waals surface area contributed by atoms with E-state index < -0.39 is 0 Å². The summed E-state index contributed by atoms with van der Waals surface area (Å²) in [7, 11) is 0. The molecule has 2 saturated heterocycles. The average Bonchev–Trinajstić information content (AvgIpc) is 3.24. The number of hydrogen-bond donors (Lipinski definition) is 1. The van der Waals surface area contributed by atoms with Gasteiger partial charge in [0.15, 0.2) is 11.8 Å². The summed E-state index contributed by atoms with van der Waals surface area (Å²) in [5, 5.41) is 4.07. The third-order valence-corrected chi connectivity index (χ3v) is 5.17. The second kappa shape index (κ2) is 7.09. The highest BCUT2D eigenvalue weighted by Gasteiger charge is 2.34. The van der Waals surface area contributed by atoms with Gasteiger partial charge in [0.05, 0.1) is 12.6 Å². The van der Waals surface area contributed by atoms with E-state index in [1.165, 1.54) is 38.5 Å². The predicted octanol–water partition coefficient (Wildman–Crippen LogP) is 2.36. The Morgan fingerprint density at radius 3 is 2.67 bits per heavy atom. The monoisotopic (exact) mass is 333 g/mol. The number of nitrogens with zero attached hydrogens (tertiary/aromatic N) is 4. The van der Waals surface area contributed by atoms with Gasteiger partial charge in [-0.05, 0) is 38.5 Å². The molecule has 0 amide bonds. The Labute approximate surface area is 142 Å². The lowest BCUT2D eigenvalue weighted by Gasteiger charge is -2.21. The average molecular weight is 333 g/mol. The van der Waals surface area contributed by atoms with Crippen LogP contribution >= 0.6 is 0 Å². The summed E-state index contributed by atoms with van der Waals surface area (Å²) >= 11 is 0. The molecule has 3 heterocycles. The van der Waals surface area contributed by atoms with Gasteiger partial charge in [0.1, 0.15) is 6.10 Å². The van der Waals surface area contributed by atoms with Gasteiger partial charge in [0.2, 0.25) is 0 Å². The molecule has 3 fully saturated rings. The SMILES string of the molecule is NC(=NC[C@H]1CC[C@@H](c2nc(C3CC3)no2)O1)N1CCCCCC1. The molecule has 0 radical (unpaired) electrons. The fraction of sp³-hybridized carbons (Fsp3) is 0.824. The molecule has 132 valence electrons. The van der Waals surface area contributed by atoms with Gasteiger partial charge in [-0.1, -0.05) is 18.0 Å². The van der Waals surface area contributed by atoms with Crippen LogP contribution in [0.1, 0.15) is 75.1 Å². The van der Waals surface area contributed by atoms with Crippen molar-refractivity contribution in [2.24, 2.45) is 10.7 Å². The molecule has 1 saturated carbocycles. The second-order valence-corrected chi connectivity index (χ2v) is 7.19. The Balaban J connectivity index is 1.28. The maximum Gasteiger partial charge on any atom is 0.255 e. The van der Waals surface area contributed by atoms with E-state index in [9.17, 15) is 0 Å². The lowest BCUT2D eigenvalue weighted by Crippen LogP contribution is -2.38. The standard InChI is InChI=1S/C17H27N5O2/c18-17(22-9-3-1-2-4-10-22)19-11-13-7-8-14(23-13)16-20-15(21-24-16)12-5-6-12/h12-14H,1-11H2,(H2,18,19)/t13-,14+/m1/s1. The third kappa shape index (κ3) is 3.71. The molecule has 3 aliphatic rings. The zero-order valence-corrected chi connectivity index (χ0v) is 14.2. The van der Waals surface area contributed by atoms with Crippen LogP contribution < -0.4 is 5.73 Å². The van der Waals surface area contributed by atoms with Gasteiger partial charge in [-0.15, -0.1) is 0 Å². The topological polar surface area (TPSA) is 89.8 Å². The highest BCUT2D eigenvalue weighted by molar-refractivity contribution is 5.78. The highest BCUT2D eigenvalue weighted by Crippen LogP contribution is 2.39. The van der Waals surface area contributed by atoms with Crippen LogP contribution in [0.2, 0.25) is 0 Å². The first-order valence-electron chi connectivity index (χ1n) is 9.33. The number of ether oxygens (including phenoxy) is 1. The molecule has 0 bridgehead atoms. The Hall–Kier alpha value is -1.63. The van der Waals surface area contributed by atoms with Crippen LogP contribution in [0.5, 0.6) is 0 Å². The largest absolute Gasteiger partial charge is 0.370 e. The van der Waals surface area contributed by atoms with E-state index in [2.05, 4.69) is 20.0 Å². The first-order valence-corrected chi connectivity index (χ1v) is 9.33. The van der Waals surface area contributed by atoms with Crippen molar-refractivity contribution in [2.45, 2.75) is 69.5 Å². The number of rotatable bonds is 4. The van der Waals surface area contributed by atoms with Gasteiger partial charge in [-0.25, -0.2) is 0 Å². The summed E-state index contributed by atoms with van der Waals surface area (Å²) in [6.45, 7) is 2.66. The van der Waals surface area contributed by atoms with Crippen LogP contribution in [0.4, 0.5) is 0 Å². The first kappa shape index (κ1) is 15.9. The maximum absolute atomic E-state index is 6.16. The zero-order chi connectivity index (χ0) is 16.4. The molecule has 1 aliphatic carbocycles. The third-order valence-electron chi connectivity index (χ3n) is 5.17. The lowest BCUT2D eigenvalue weighted by molar-refractivity contribution is 0.0308. The quantitative estimate of drug-likeness (QED) is 0.672. The van der Waals surface area contributed by atoms with Gasteiger partial charge in [-0.2, -0.15) is 4.98 Å². The van der Waals surface area contributed by atoms with Crippen molar-refractivity contribution in [3.05, 3.63) is 11.7 Å². The fourth-order valence-electron chi connectivity index (χ4n) is 3.50. The minimum absolute atomic E-state index is 0.0791. The molecular weight excluding hydrogens is 306 g/mol. The predicted molar refractivity (Wildman–Crippen MR) is 89.7 cm³/mol. The molecule has 7 heteroatoms. The summed E-state index contributed by atoms with van der Waals surface area (Å²) in [5.74, 6) is 2.65. The minimum Gasteiger partial charge on any atom is -0.370 e. The smallest absolute Gasteiger partial charge is 0.255 e. The molecule has 1 aromatic rings. The number of nitrogens with two attached hydrogens (primary N) is 1. The second-order valence-electron chi connectivity index (χ2n) is 7.19. The first-order chi connectivity index (χ1) is 11.8. The molecule has 2 N–H and O–H groups in total. The van der Waals surface area contributed by atoms with E-state index in [4.69, 9.17) is 15.0 Å². The van der Waals surface area contributed by atoms with Crippen molar-refractivity contribution >= 4 is 5.96 Å². The Morgan fingerprint density at radius 2 is 1.92 bits per heavy atom. The van der Waals surface area contributed by atoms with Crippen molar-refractivity contribution in [3.8, 4) is 0 Å². The van der Waals surface area contributed by atoms with Crippen LogP contribution in [-0.4, -0.2) is 46.7 Å². The van der Waals surface area contributed by atoms with Crippen molar-refractivity contribution in [3.63, 3.8) is 0 Å². The van der Waals surface area contributed by atoms with Gasteiger partial charge in [0, 0.05) is 19.0 Å². The van der Waals surface area contributed by atoms with Gasteiger partial charge < -0.3 is 19.9 Å². The van der Waals surface area contributed by atoms with Crippen molar-refractivity contribution in [1.29, 1.82) is 0 Å². The number of guanidine groups is 1. The number of likely N-dealkylation sites (tertiary alicyclic amines) is 1. The van der Waals surface area contributed by atoms with Gasteiger partial charge in [0.25, 0.3) is 5.89 Å². The molecule has 4 rings (SSSR count). The van der Waals surface area contributed by atoms with E-state index in [-0.39, 0.29) is 12.2 Å². The van der Waals surface area contributed by atoms with E-state index in [1.807, 2.05) is 0 Å². The molecular formula is C17H27N5O2. The molecule has 2 atom stereocenters. The van der Waals surface area contributed by atoms with Crippen LogP contribution in [-0.2, 0) is 4.74 Å². The highest BCUT2D eigenvalue weighted by atomic mass is 16.5. The molecule has 2 aliphatic heterocycles. The number of hydrogen-bond acceptors (Lipinski definition) is 5. The van der Waals surface area contributed by atoms with E-state index in [1.54, 1.807) is 0 Å². The van der Waals surface area contributed by atoms with E-state index in [0.29, 0.717) is 24.3 Å². The Kier molecular flexibility index (Phi) is 4.69. The normalized spacial score (nSPS) is 29.0. The minimum atomic E-state index is -0.0791. The summed E-state index contributed by atoms with van der Waals surface area (Å²) in [5.41, 5.74) is 6.16. The summed E-state index contributed by atoms with van der Waals surface area (Å²) in [6, 6.07) is 0. The van der Waals surface area contributed by atoms with E-state index in [0.717, 1.165) is 31.8 Å². The summed E-state index contributed by atoms with van der Waals surface area (Å²) < 4.78 is 11.4.